The number of benzene rings is 2. The van der Waals surface area contributed by atoms with Gasteiger partial charge in [0.2, 0.25) is 0 Å². The molecule has 0 aromatic heterocycles. The van der Waals surface area contributed by atoms with Crippen LogP contribution < -0.4 is 9.64 Å². The normalized spacial score (nSPS) is 9.56. The van der Waals surface area contributed by atoms with Crippen molar-refractivity contribution in [2.75, 3.05) is 11.9 Å². The lowest BCUT2D eigenvalue weighted by Crippen LogP contribution is -2.07. The highest BCUT2D eigenvalue weighted by molar-refractivity contribution is 5.51. The zero-order valence-corrected chi connectivity index (χ0v) is 10.2. The molecule has 0 aliphatic heterocycles. The molecule has 0 atom stereocenters. The van der Waals surface area contributed by atoms with Gasteiger partial charge >= 0.3 is 0 Å². The molecule has 0 amide bonds. The highest BCUT2D eigenvalue weighted by atomic mass is 16.5. The summed E-state index contributed by atoms with van der Waals surface area (Å²) < 4.78 is 5.66. The van der Waals surface area contributed by atoms with Gasteiger partial charge in [-0.3, -0.25) is 4.90 Å². The molecule has 0 fully saturated rings. The Hall–Kier alpha value is -2.47. The standard InChI is InChI=1S/C15H14N2O/c1-17(12-16)14-7-9-15(10-8-14)18-11-13-5-3-2-4-6-13/h2-10H,11H2,1H3. The van der Waals surface area contributed by atoms with E-state index in [1.54, 1.807) is 7.05 Å². The van der Waals surface area contributed by atoms with E-state index in [0.717, 1.165) is 17.0 Å². The molecule has 0 spiro atoms. The smallest absolute Gasteiger partial charge is 0.183 e. The first kappa shape index (κ1) is 12.0. The third kappa shape index (κ3) is 3.02. The average molecular weight is 238 g/mol. The molecule has 0 aliphatic carbocycles. The van der Waals surface area contributed by atoms with E-state index in [1.165, 1.54) is 4.90 Å². The lowest BCUT2D eigenvalue weighted by Gasteiger charge is -2.10. The Balaban J connectivity index is 1.97. The summed E-state index contributed by atoms with van der Waals surface area (Å²) in [5.74, 6) is 0.800. The highest BCUT2D eigenvalue weighted by Gasteiger charge is 1.99. The Morgan fingerprint density at radius 3 is 2.33 bits per heavy atom. The van der Waals surface area contributed by atoms with Gasteiger partial charge < -0.3 is 4.74 Å². The summed E-state index contributed by atoms with van der Waals surface area (Å²) in [5, 5.41) is 8.75. The van der Waals surface area contributed by atoms with Crippen LogP contribution in [0.2, 0.25) is 0 Å². The summed E-state index contributed by atoms with van der Waals surface area (Å²) in [6.45, 7) is 0.550. The van der Waals surface area contributed by atoms with Crippen LogP contribution in [0.4, 0.5) is 5.69 Å². The molecule has 2 rings (SSSR count). The number of ether oxygens (including phenoxy) is 1. The molecule has 90 valence electrons. The molecule has 3 heteroatoms. The van der Waals surface area contributed by atoms with Gasteiger partial charge in [0, 0.05) is 7.05 Å². The second-order valence-corrected chi connectivity index (χ2v) is 3.93. The zero-order valence-electron chi connectivity index (χ0n) is 10.2. The van der Waals surface area contributed by atoms with Gasteiger partial charge in [-0.2, -0.15) is 5.26 Å². The second kappa shape index (κ2) is 5.74. The molecule has 0 unspecified atom stereocenters. The number of hydrogen-bond acceptors (Lipinski definition) is 3. The summed E-state index contributed by atoms with van der Waals surface area (Å²) in [7, 11) is 1.72. The predicted molar refractivity (Wildman–Crippen MR) is 71.2 cm³/mol. The van der Waals surface area contributed by atoms with Gasteiger partial charge in [0.1, 0.15) is 12.4 Å². The fraction of sp³-hybridized carbons (Fsp3) is 0.133. The highest BCUT2D eigenvalue weighted by Crippen LogP contribution is 2.18. The first-order valence-corrected chi connectivity index (χ1v) is 5.70. The predicted octanol–water partition coefficient (Wildman–Crippen LogP) is 3.18. The summed E-state index contributed by atoms with van der Waals surface area (Å²) in [6, 6.07) is 17.5. The first-order valence-electron chi connectivity index (χ1n) is 5.70. The maximum atomic E-state index is 8.75. The summed E-state index contributed by atoms with van der Waals surface area (Å²) >= 11 is 0. The van der Waals surface area contributed by atoms with Crippen molar-refractivity contribution in [1.29, 1.82) is 5.26 Å². The molecule has 0 saturated carbocycles. The molecule has 18 heavy (non-hydrogen) atoms. The third-order valence-electron chi connectivity index (χ3n) is 2.62. The molecule has 0 bridgehead atoms. The molecular formula is C15H14N2O. The van der Waals surface area contributed by atoms with E-state index < -0.39 is 0 Å². The lowest BCUT2D eigenvalue weighted by molar-refractivity contribution is 0.306. The van der Waals surface area contributed by atoms with Gasteiger partial charge in [-0.05, 0) is 29.8 Å². The Morgan fingerprint density at radius 2 is 1.72 bits per heavy atom. The van der Waals surface area contributed by atoms with Crippen molar-refractivity contribution in [3.63, 3.8) is 0 Å². The van der Waals surface area contributed by atoms with Gasteiger partial charge in [0.05, 0.1) is 5.69 Å². The molecule has 0 heterocycles. The Morgan fingerprint density at radius 1 is 1.06 bits per heavy atom. The number of hydrogen-bond donors (Lipinski definition) is 0. The van der Waals surface area contributed by atoms with Gasteiger partial charge in [0.25, 0.3) is 0 Å². The lowest BCUT2D eigenvalue weighted by atomic mass is 10.2. The Bertz CT molecular complexity index is 529. The topological polar surface area (TPSA) is 36.3 Å². The van der Waals surface area contributed by atoms with Crippen molar-refractivity contribution in [1.82, 2.24) is 0 Å². The van der Waals surface area contributed by atoms with Crippen LogP contribution in [0.3, 0.4) is 0 Å². The third-order valence-corrected chi connectivity index (χ3v) is 2.62. The van der Waals surface area contributed by atoms with Crippen LogP contribution in [-0.4, -0.2) is 7.05 Å². The molecular weight excluding hydrogens is 224 g/mol. The van der Waals surface area contributed by atoms with Gasteiger partial charge in [-0.15, -0.1) is 0 Å². The van der Waals surface area contributed by atoms with Crippen LogP contribution >= 0.6 is 0 Å². The molecule has 3 nitrogen and oxygen atoms in total. The minimum atomic E-state index is 0.550. The summed E-state index contributed by atoms with van der Waals surface area (Å²) in [5.41, 5.74) is 1.99. The number of anilines is 1. The minimum Gasteiger partial charge on any atom is -0.489 e. The van der Waals surface area contributed by atoms with E-state index in [4.69, 9.17) is 10.00 Å². The van der Waals surface area contributed by atoms with E-state index in [2.05, 4.69) is 6.19 Å². The minimum absolute atomic E-state index is 0.550. The van der Waals surface area contributed by atoms with Crippen LogP contribution in [0.5, 0.6) is 5.75 Å². The maximum absolute atomic E-state index is 8.75. The van der Waals surface area contributed by atoms with Crippen molar-refractivity contribution in [2.45, 2.75) is 6.61 Å². The molecule has 2 aromatic rings. The van der Waals surface area contributed by atoms with Gasteiger partial charge in [-0.1, -0.05) is 30.3 Å². The van der Waals surface area contributed by atoms with E-state index in [0.29, 0.717) is 6.61 Å². The maximum Gasteiger partial charge on any atom is 0.183 e. The summed E-state index contributed by atoms with van der Waals surface area (Å²) in [6.07, 6.45) is 2.05. The SMILES string of the molecule is CN(C#N)c1ccc(OCc2ccccc2)cc1. The van der Waals surface area contributed by atoms with Crippen LogP contribution in [0.25, 0.3) is 0 Å². The average Bonchev–Trinajstić information content (AvgIpc) is 2.46. The second-order valence-electron chi connectivity index (χ2n) is 3.93. The Labute approximate surface area is 107 Å². The molecule has 0 radical (unpaired) electrons. The van der Waals surface area contributed by atoms with Gasteiger partial charge in [-0.25, -0.2) is 0 Å². The quantitative estimate of drug-likeness (QED) is 0.606. The van der Waals surface area contributed by atoms with Crippen LogP contribution in [0, 0.1) is 11.5 Å². The van der Waals surface area contributed by atoms with Gasteiger partial charge in [0.15, 0.2) is 6.19 Å². The molecule has 0 saturated heterocycles. The number of rotatable bonds is 4. The van der Waals surface area contributed by atoms with E-state index in [-0.39, 0.29) is 0 Å². The molecule has 0 aliphatic rings. The Kier molecular flexibility index (Phi) is 3.83. The van der Waals surface area contributed by atoms with Crippen molar-refractivity contribution < 1.29 is 4.74 Å². The van der Waals surface area contributed by atoms with Crippen LogP contribution in [-0.2, 0) is 6.61 Å². The number of nitrogens with zero attached hydrogens (tertiary/aromatic N) is 2. The first-order chi connectivity index (χ1) is 8.79. The van der Waals surface area contributed by atoms with Crippen molar-refractivity contribution in [2.24, 2.45) is 0 Å². The van der Waals surface area contributed by atoms with Crippen molar-refractivity contribution in [3.8, 4) is 11.9 Å². The monoisotopic (exact) mass is 238 g/mol. The van der Waals surface area contributed by atoms with Crippen LogP contribution in [0.1, 0.15) is 5.56 Å². The van der Waals surface area contributed by atoms with E-state index in [9.17, 15) is 0 Å². The zero-order chi connectivity index (χ0) is 12.8. The molecule has 2 aromatic carbocycles. The number of nitriles is 1. The summed E-state index contributed by atoms with van der Waals surface area (Å²) in [4.78, 5) is 1.50. The van der Waals surface area contributed by atoms with E-state index in [1.807, 2.05) is 54.6 Å². The van der Waals surface area contributed by atoms with Crippen LogP contribution in [0.15, 0.2) is 54.6 Å². The molecule has 0 N–H and O–H groups in total. The van der Waals surface area contributed by atoms with Crippen molar-refractivity contribution >= 4 is 5.69 Å². The largest absolute Gasteiger partial charge is 0.489 e. The fourth-order valence-electron chi connectivity index (χ4n) is 1.56. The fourth-order valence-corrected chi connectivity index (χ4v) is 1.56. The van der Waals surface area contributed by atoms with Crippen molar-refractivity contribution in [3.05, 3.63) is 60.2 Å². The van der Waals surface area contributed by atoms with E-state index >= 15 is 0 Å².